The zero-order valence-electron chi connectivity index (χ0n) is 11.6. The SMILES string of the molecule is Cc1ccc(C(N)=S)c(N2CCCC3CCCC32)c1. The van der Waals surface area contributed by atoms with Crippen molar-refractivity contribution >= 4 is 22.9 Å². The second kappa shape index (κ2) is 5.12. The van der Waals surface area contributed by atoms with E-state index in [1.807, 2.05) is 0 Å². The minimum atomic E-state index is 0.523. The van der Waals surface area contributed by atoms with Crippen LogP contribution in [0.5, 0.6) is 0 Å². The van der Waals surface area contributed by atoms with Crippen LogP contribution in [-0.4, -0.2) is 17.6 Å². The summed E-state index contributed by atoms with van der Waals surface area (Å²) in [5.41, 5.74) is 9.52. The van der Waals surface area contributed by atoms with Gasteiger partial charge in [-0.25, -0.2) is 0 Å². The molecule has 1 aromatic carbocycles. The van der Waals surface area contributed by atoms with Gasteiger partial charge in [-0.2, -0.15) is 0 Å². The highest BCUT2D eigenvalue weighted by molar-refractivity contribution is 7.80. The molecule has 19 heavy (non-hydrogen) atoms. The Bertz CT molecular complexity index is 498. The van der Waals surface area contributed by atoms with Crippen molar-refractivity contribution in [2.24, 2.45) is 11.7 Å². The number of hydrogen-bond acceptors (Lipinski definition) is 2. The second-order valence-electron chi connectivity index (χ2n) is 5.98. The van der Waals surface area contributed by atoms with Crippen molar-refractivity contribution in [2.75, 3.05) is 11.4 Å². The van der Waals surface area contributed by atoms with E-state index < -0.39 is 0 Å². The Hall–Kier alpha value is -1.09. The van der Waals surface area contributed by atoms with Gasteiger partial charge in [0.25, 0.3) is 0 Å². The summed E-state index contributed by atoms with van der Waals surface area (Å²) in [6.45, 7) is 3.29. The normalized spacial score (nSPS) is 26.3. The van der Waals surface area contributed by atoms with E-state index in [0.29, 0.717) is 11.0 Å². The van der Waals surface area contributed by atoms with Crippen molar-refractivity contribution in [1.29, 1.82) is 0 Å². The van der Waals surface area contributed by atoms with E-state index >= 15 is 0 Å². The topological polar surface area (TPSA) is 29.3 Å². The van der Waals surface area contributed by atoms with Gasteiger partial charge in [0, 0.05) is 23.8 Å². The van der Waals surface area contributed by atoms with Crippen LogP contribution in [0.4, 0.5) is 5.69 Å². The van der Waals surface area contributed by atoms with E-state index in [4.69, 9.17) is 18.0 Å². The van der Waals surface area contributed by atoms with Crippen LogP contribution in [-0.2, 0) is 0 Å². The highest BCUT2D eigenvalue weighted by Crippen LogP contribution is 2.40. The zero-order valence-corrected chi connectivity index (χ0v) is 12.4. The molecule has 0 spiro atoms. The van der Waals surface area contributed by atoms with Gasteiger partial charge in [0.05, 0.1) is 0 Å². The molecule has 0 aromatic heterocycles. The molecule has 1 saturated carbocycles. The van der Waals surface area contributed by atoms with Gasteiger partial charge in [0.15, 0.2) is 0 Å². The standard InChI is InChI=1S/C16H22N2S/c1-11-7-8-13(16(17)19)15(10-11)18-9-3-5-12-4-2-6-14(12)18/h7-8,10,12,14H,2-6,9H2,1H3,(H2,17,19). The maximum atomic E-state index is 5.91. The van der Waals surface area contributed by atoms with Gasteiger partial charge < -0.3 is 10.6 Å². The van der Waals surface area contributed by atoms with Crippen molar-refractivity contribution in [3.8, 4) is 0 Å². The van der Waals surface area contributed by atoms with Gasteiger partial charge in [0.2, 0.25) is 0 Å². The summed E-state index contributed by atoms with van der Waals surface area (Å²) in [4.78, 5) is 3.11. The molecule has 102 valence electrons. The Morgan fingerprint density at radius 2 is 2.05 bits per heavy atom. The van der Waals surface area contributed by atoms with Crippen molar-refractivity contribution in [1.82, 2.24) is 0 Å². The smallest absolute Gasteiger partial charge is 0.106 e. The van der Waals surface area contributed by atoms with Crippen molar-refractivity contribution in [3.63, 3.8) is 0 Å². The first kappa shape index (κ1) is 12.9. The number of nitrogens with zero attached hydrogens (tertiary/aromatic N) is 1. The number of piperidine rings is 1. The molecule has 1 aliphatic heterocycles. The molecule has 1 aromatic rings. The molecule has 2 aliphatic rings. The maximum Gasteiger partial charge on any atom is 0.106 e. The maximum absolute atomic E-state index is 5.91. The molecule has 2 atom stereocenters. The molecule has 1 saturated heterocycles. The lowest BCUT2D eigenvalue weighted by Gasteiger charge is -2.40. The van der Waals surface area contributed by atoms with Gasteiger partial charge in [0.1, 0.15) is 4.99 Å². The monoisotopic (exact) mass is 274 g/mol. The van der Waals surface area contributed by atoms with Crippen molar-refractivity contribution in [3.05, 3.63) is 29.3 Å². The fourth-order valence-electron chi connectivity index (χ4n) is 3.84. The van der Waals surface area contributed by atoms with Crippen LogP contribution in [0.1, 0.15) is 43.2 Å². The average molecular weight is 274 g/mol. The Labute approximate surface area is 121 Å². The third-order valence-corrected chi connectivity index (χ3v) is 4.94. The molecule has 2 fully saturated rings. The van der Waals surface area contributed by atoms with Crippen LogP contribution in [0.2, 0.25) is 0 Å². The van der Waals surface area contributed by atoms with Crippen LogP contribution in [0.3, 0.4) is 0 Å². The quantitative estimate of drug-likeness (QED) is 0.838. The molecule has 2 nitrogen and oxygen atoms in total. The summed E-state index contributed by atoms with van der Waals surface area (Å²) in [6.07, 6.45) is 6.80. The summed E-state index contributed by atoms with van der Waals surface area (Å²) in [5, 5.41) is 0. The third kappa shape index (κ3) is 2.36. The average Bonchev–Trinajstić information content (AvgIpc) is 2.86. The highest BCUT2D eigenvalue weighted by atomic mass is 32.1. The van der Waals surface area contributed by atoms with Crippen LogP contribution >= 0.6 is 12.2 Å². The predicted molar refractivity (Wildman–Crippen MR) is 84.8 cm³/mol. The van der Waals surface area contributed by atoms with E-state index in [-0.39, 0.29) is 0 Å². The van der Waals surface area contributed by atoms with Gasteiger partial charge in [-0.3, -0.25) is 0 Å². The van der Waals surface area contributed by atoms with Gasteiger partial charge in [-0.05, 0) is 56.2 Å². The number of nitrogens with two attached hydrogens (primary N) is 1. The van der Waals surface area contributed by atoms with E-state index in [1.165, 1.54) is 43.4 Å². The number of aryl methyl sites for hydroxylation is 1. The summed E-state index contributed by atoms with van der Waals surface area (Å²) < 4.78 is 0. The van der Waals surface area contributed by atoms with Gasteiger partial charge in [-0.1, -0.05) is 24.7 Å². The van der Waals surface area contributed by atoms with E-state index in [9.17, 15) is 0 Å². The summed E-state index contributed by atoms with van der Waals surface area (Å²) in [5.74, 6) is 0.883. The lowest BCUT2D eigenvalue weighted by Crippen LogP contribution is -2.43. The van der Waals surface area contributed by atoms with E-state index in [2.05, 4.69) is 30.0 Å². The number of rotatable bonds is 2. The number of hydrogen-bond donors (Lipinski definition) is 1. The van der Waals surface area contributed by atoms with Gasteiger partial charge >= 0.3 is 0 Å². The lowest BCUT2D eigenvalue weighted by atomic mass is 9.90. The van der Waals surface area contributed by atoms with Gasteiger partial charge in [-0.15, -0.1) is 0 Å². The largest absolute Gasteiger partial charge is 0.389 e. The molecule has 1 heterocycles. The van der Waals surface area contributed by atoms with Crippen LogP contribution in [0.25, 0.3) is 0 Å². The highest BCUT2D eigenvalue weighted by Gasteiger charge is 2.35. The van der Waals surface area contributed by atoms with E-state index in [0.717, 1.165) is 18.0 Å². The summed E-state index contributed by atoms with van der Waals surface area (Å²) in [6, 6.07) is 7.16. The van der Waals surface area contributed by atoms with Crippen molar-refractivity contribution < 1.29 is 0 Å². The molecule has 0 bridgehead atoms. The summed E-state index contributed by atoms with van der Waals surface area (Å²) >= 11 is 5.23. The molecule has 3 heteroatoms. The minimum Gasteiger partial charge on any atom is -0.389 e. The Morgan fingerprint density at radius 3 is 2.84 bits per heavy atom. The van der Waals surface area contributed by atoms with E-state index in [1.54, 1.807) is 0 Å². The fourth-order valence-corrected chi connectivity index (χ4v) is 4.01. The fraction of sp³-hybridized carbons (Fsp3) is 0.562. The first-order valence-corrected chi connectivity index (χ1v) is 7.75. The third-order valence-electron chi connectivity index (χ3n) is 4.72. The second-order valence-corrected chi connectivity index (χ2v) is 6.42. The minimum absolute atomic E-state index is 0.523. The zero-order chi connectivity index (χ0) is 13.4. The molecule has 3 rings (SSSR count). The molecular weight excluding hydrogens is 252 g/mol. The van der Waals surface area contributed by atoms with Crippen LogP contribution in [0.15, 0.2) is 18.2 Å². The number of benzene rings is 1. The molecule has 2 unspecified atom stereocenters. The Kier molecular flexibility index (Phi) is 3.48. The number of anilines is 1. The molecule has 0 amide bonds. The molecule has 0 radical (unpaired) electrons. The molecule has 1 aliphatic carbocycles. The first-order valence-electron chi connectivity index (χ1n) is 7.34. The summed E-state index contributed by atoms with van der Waals surface area (Å²) in [7, 11) is 0. The lowest BCUT2D eigenvalue weighted by molar-refractivity contribution is 0.362. The predicted octanol–water partition coefficient (Wildman–Crippen LogP) is 3.40. The number of thiocarbonyl (C=S) groups is 1. The molecular formula is C16H22N2S. The first-order chi connectivity index (χ1) is 9.16. The van der Waals surface area contributed by atoms with Crippen molar-refractivity contribution in [2.45, 2.75) is 45.1 Å². The van der Waals surface area contributed by atoms with Crippen LogP contribution in [0, 0.1) is 12.8 Å². The Morgan fingerprint density at radius 1 is 1.26 bits per heavy atom. The van der Waals surface area contributed by atoms with Crippen LogP contribution < -0.4 is 10.6 Å². The number of fused-ring (bicyclic) bond motifs is 1. The Balaban J connectivity index is 2.00. The molecule has 2 N–H and O–H groups in total.